The van der Waals surface area contributed by atoms with Gasteiger partial charge in [-0.2, -0.15) is 0 Å². The zero-order valence-electron chi connectivity index (χ0n) is 9.30. The molecule has 1 heteroatoms. The van der Waals surface area contributed by atoms with Crippen LogP contribution >= 0.6 is 0 Å². The Morgan fingerprint density at radius 3 is 2.15 bits per heavy atom. The van der Waals surface area contributed by atoms with Crippen LogP contribution in [0.4, 0.5) is 0 Å². The van der Waals surface area contributed by atoms with Crippen LogP contribution < -0.4 is 0 Å². The monoisotopic (exact) mass is 182 g/mol. The molecule has 0 saturated heterocycles. The van der Waals surface area contributed by atoms with E-state index >= 15 is 0 Å². The summed E-state index contributed by atoms with van der Waals surface area (Å²) in [7, 11) is 0. The first-order chi connectivity index (χ1) is 6.02. The van der Waals surface area contributed by atoms with E-state index in [-0.39, 0.29) is 0 Å². The molecule has 0 heterocycles. The molecule has 0 radical (unpaired) electrons. The van der Waals surface area contributed by atoms with Crippen molar-refractivity contribution in [2.24, 2.45) is 28.6 Å². The van der Waals surface area contributed by atoms with Gasteiger partial charge in [0.05, 0.1) is 0 Å². The van der Waals surface area contributed by atoms with Crippen molar-refractivity contribution in [1.29, 1.82) is 0 Å². The van der Waals surface area contributed by atoms with Crippen molar-refractivity contribution in [3.8, 4) is 0 Å². The van der Waals surface area contributed by atoms with Crippen LogP contribution in [-0.2, 0) is 0 Å². The summed E-state index contributed by atoms with van der Waals surface area (Å²) in [6, 6.07) is 0. The van der Waals surface area contributed by atoms with E-state index < -0.39 is 0 Å². The number of rotatable bonds is 3. The van der Waals surface area contributed by atoms with Crippen LogP contribution in [0.3, 0.4) is 0 Å². The molecule has 2 fully saturated rings. The summed E-state index contributed by atoms with van der Waals surface area (Å²) in [5.74, 6) is 2.39. The highest BCUT2D eigenvalue weighted by atomic mass is 16.3. The third-order valence-corrected chi connectivity index (χ3v) is 5.15. The topological polar surface area (TPSA) is 20.2 Å². The second-order valence-corrected chi connectivity index (χ2v) is 5.67. The highest BCUT2D eigenvalue weighted by Crippen LogP contribution is 2.79. The minimum absolute atomic E-state index is 0.393. The standard InChI is InChI=1S/C12H22O/c1-5-12(9-6-8(9)2)10(7-13)11(12,3)4/h8-10,13H,5-7H2,1-4H3. The van der Waals surface area contributed by atoms with E-state index in [2.05, 4.69) is 27.7 Å². The van der Waals surface area contributed by atoms with Crippen molar-refractivity contribution >= 4 is 0 Å². The lowest BCUT2D eigenvalue weighted by Crippen LogP contribution is -2.12. The molecule has 0 spiro atoms. The fraction of sp³-hybridized carbons (Fsp3) is 1.00. The largest absolute Gasteiger partial charge is 0.396 e. The first-order valence-corrected chi connectivity index (χ1v) is 5.63. The fourth-order valence-corrected chi connectivity index (χ4v) is 4.13. The zero-order valence-corrected chi connectivity index (χ0v) is 9.30. The van der Waals surface area contributed by atoms with Crippen molar-refractivity contribution in [2.45, 2.75) is 40.5 Å². The molecule has 0 bridgehead atoms. The van der Waals surface area contributed by atoms with E-state index in [9.17, 15) is 5.11 Å². The van der Waals surface area contributed by atoms with Crippen LogP contribution in [-0.4, -0.2) is 11.7 Å². The number of hydrogen-bond acceptors (Lipinski definition) is 1. The Morgan fingerprint density at radius 1 is 1.38 bits per heavy atom. The van der Waals surface area contributed by atoms with Crippen LogP contribution in [0.15, 0.2) is 0 Å². The molecule has 0 aromatic heterocycles. The van der Waals surface area contributed by atoms with Gasteiger partial charge in [0, 0.05) is 6.61 Å². The molecule has 2 saturated carbocycles. The molecule has 0 amide bonds. The Morgan fingerprint density at radius 2 is 1.92 bits per heavy atom. The molecule has 13 heavy (non-hydrogen) atoms. The number of aliphatic hydroxyl groups is 1. The van der Waals surface area contributed by atoms with Crippen LogP contribution in [0.2, 0.25) is 0 Å². The van der Waals surface area contributed by atoms with E-state index in [1.165, 1.54) is 12.8 Å². The van der Waals surface area contributed by atoms with Gasteiger partial charge in [-0.3, -0.25) is 0 Å². The van der Waals surface area contributed by atoms with Gasteiger partial charge in [0.15, 0.2) is 0 Å². The normalized spacial score (nSPS) is 51.9. The highest BCUT2D eigenvalue weighted by molar-refractivity contribution is 5.22. The molecular formula is C12H22O. The summed E-state index contributed by atoms with van der Waals surface area (Å²) in [5, 5.41) is 9.37. The average molecular weight is 182 g/mol. The molecular weight excluding hydrogens is 160 g/mol. The maximum atomic E-state index is 9.37. The third kappa shape index (κ3) is 0.918. The lowest BCUT2D eigenvalue weighted by atomic mass is 9.87. The average Bonchev–Trinajstić information content (AvgIpc) is 2.87. The second kappa shape index (κ2) is 2.50. The third-order valence-electron chi connectivity index (χ3n) is 5.15. The van der Waals surface area contributed by atoms with E-state index in [4.69, 9.17) is 0 Å². The molecule has 2 rings (SSSR count). The summed E-state index contributed by atoms with van der Waals surface area (Å²) >= 11 is 0. The van der Waals surface area contributed by atoms with Crippen LogP contribution in [0.25, 0.3) is 0 Å². The van der Waals surface area contributed by atoms with Gasteiger partial charge in [-0.15, -0.1) is 0 Å². The van der Waals surface area contributed by atoms with Crippen molar-refractivity contribution in [3.63, 3.8) is 0 Å². The number of hydrogen-bond donors (Lipinski definition) is 1. The summed E-state index contributed by atoms with van der Waals surface area (Å²) in [4.78, 5) is 0. The SMILES string of the molecule is CCC1(C2CC2C)C(CO)C1(C)C. The van der Waals surface area contributed by atoms with Gasteiger partial charge in [0.1, 0.15) is 0 Å². The molecule has 2 aliphatic rings. The fourth-order valence-electron chi connectivity index (χ4n) is 4.13. The van der Waals surface area contributed by atoms with Crippen LogP contribution in [0.5, 0.6) is 0 Å². The minimum Gasteiger partial charge on any atom is -0.396 e. The van der Waals surface area contributed by atoms with Gasteiger partial charge in [0.2, 0.25) is 0 Å². The molecule has 1 nitrogen and oxygen atoms in total. The lowest BCUT2D eigenvalue weighted by molar-refractivity contribution is 0.232. The predicted molar refractivity (Wildman–Crippen MR) is 54.4 cm³/mol. The van der Waals surface area contributed by atoms with Crippen LogP contribution in [0.1, 0.15) is 40.5 Å². The number of aliphatic hydroxyl groups excluding tert-OH is 1. The van der Waals surface area contributed by atoms with Gasteiger partial charge >= 0.3 is 0 Å². The Bertz CT molecular complexity index is 221. The molecule has 2 aliphatic carbocycles. The van der Waals surface area contributed by atoms with Crippen molar-refractivity contribution < 1.29 is 5.11 Å². The minimum atomic E-state index is 0.393. The first-order valence-electron chi connectivity index (χ1n) is 5.63. The van der Waals surface area contributed by atoms with Crippen molar-refractivity contribution in [1.82, 2.24) is 0 Å². The molecule has 0 aromatic rings. The zero-order chi connectivity index (χ0) is 9.85. The van der Waals surface area contributed by atoms with Crippen molar-refractivity contribution in [2.75, 3.05) is 6.61 Å². The predicted octanol–water partition coefficient (Wildman–Crippen LogP) is 2.69. The molecule has 0 aliphatic heterocycles. The maximum Gasteiger partial charge on any atom is 0.0470 e. The summed E-state index contributed by atoms with van der Waals surface area (Å²) in [6.07, 6.45) is 2.65. The highest BCUT2D eigenvalue weighted by Gasteiger charge is 2.75. The summed E-state index contributed by atoms with van der Waals surface area (Å²) < 4.78 is 0. The Kier molecular flexibility index (Phi) is 1.83. The van der Waals surface area contributed by atoms with Gasteiger partial charge in [0.25, 0.3) is 0 Å². The quantitative estimate of drug-likeness (QED) is 0.711. The van der Waals surface area contributed by atoms with E-state index in [1.807, 2.05) is 0 Å². The molecule has 1 N–H and O–H groups in total. The Balaban J connectivity index is 2.19. The smallest absolute Gasteiger partial charge is 0.0470 e. The van der Waals surface area contributed by atoms with Gasteiger partial charge in [-0.25, -0.2) is 0 Å². The molecule has 0 aromatic carbocycles. The second-order valence-electron chi connectivity index (χ2n) is 5.67. The molecule has 4 atom stereocenters. The Hall–Kier alpha value is -0.0400. The van der Waals surface area contributed by atoms with Crippen molar-refractivity contribution in [3.05, 3.63) is 0 Å². The summed E-state index contributed by atoms with van der Waals surface area (Å²) in [5.41, 5.74) is 0.882. The van der Waals surface area contributed by atoms with E-state index in [1.54, 1.807) is 0 Å². The molecule has 4 unspecified atom stereocenters. The van der Waals surface area contributed by atoms with Gasteiger partial charge in [-0.05, 0) is 41.4 Å². The lowest BCUT2D eigenvalue weighted by Gasteiger charge is -2.18. The van der Waals surface area contributed by atoms with Gasteiger partial charge in [-0.1, -0.05) is 27.7 Å². The Labute approximate surface area is 81.5 Å². The molecule has 76 valence electrons. The summed E-state index contributed by atoms with van der Waals surface area (Å²) in [6.45, 7) is 9.71. The van der Waals surface area contributed by atoms with E-state index in [0.29, 0.717) is 23.4 Å². The van der Waals surface area contributed by atoms with E-state index in [0.717, 1.165) is 11.8 Å². The van der Waals surface area contributed by atoms with Gasteiger partial charge < -0.3 is 5.11 Å². The van der Waals surface area contributed by atoms with Crippen LogP contribution in [0, 0.1) is 28.6 Å². The maximum absolute atomic E-state index is 9.37. The first kappa shape index (κ1) is 9.51.